The van der Waals surface area contributed by atoms with Gasteiger partial charge in [0.25, 0.3) is 0 Å². The van der Waals surface area contributed by atoms with Crippen molar-refractivity contribution in [2.75, 3.05) is 0 Å². The molecular weight excluding hydrogens is 402 g/mol. The number of phenols is 2. The maximum Gasteiger partial charge on any atom is 0.320 e. The van der Waals surface area contributed by atoms with Crippen LogP contribution in [0, 0.1) is 0 Å². The lowest BCUT2D eigenvalue weighted by molar-refractivity contribution is 0.222. The van der Waals surface area contributed by atoms with Crippen LogP contribution in [0.1, 0.15) is 13.8 Å². The number of rotatable bonds is 4. The number of hydrogen-bond acceptors (Lipinski definition) is 6. The third kappa shape index (κ3) is 3.56. The zero-order valence-corrected chi connectivity index (χ0v) is 17.6. The fourth-order valence-electron chi connectivity index (χ4n) is 3.82. The summed E-state index contributed by atoms with van der Waals surface area (Å²) in [5.41, 5.74) is 1.25. The number of benzene rings is 4. The third-order valence-corrected chi connectivity index (χ3v) is 5.17. The molecule has 158 valence electrons. The number of phenolic OH excluding ortho intramolecular Hbond substituents is 2. The Morgan fingerprint density at radius 2 is 1.34 bits per heavy atom. The van der Waals surface area contributed by atoms with E-state index in [0.29, 0.717) is 11.4 Å². The fraction of sp³-hybridized carbons (Fsp3) is 0.115. The van der Waals surface area contributed by atoms with Crippen molar-refractivity contribution >= 4 is 21.5 Å². The van der Waals surface area contributed by atoms with Gasteiger partial charge in [-0.2, -0.15) is 9.97 Å². The normalized spacial score (nSPS) is 11.3. The zero-order valence-electron chi connectivity index (χ0n) is 17.6. The first-order valence-electron chi connectivity index (χ1n) is 10.4. The molecule has 0 saturated carbocycles. The molecule has 0 bridgehead atoms. The molecule has 6 heteroatoms. The molecular formula is C26H21N3O3. The fourth-order valence-corrected chi connectivity index (χ4v) is 3.82. The largest absolute Gasteiger partial charge is 0.508 e. The lowest BCUT2D eigenvalue weighted by atomic mass is 9.96. The molecule has 1 aromatic heterocycles. The van der Waals surface area contributed by atoms with Gasteiger partial charge in [0, 0.05) is 11.6 Å². The van der Waals surface area contributed by atoms with Crippen LogP contribution in [-0.2, 0) is 0 Å². The van der Waals surface area contributed by atoms with E-state index in [0.717, 1.165) is 27.1 Å². The second-order valence-corrected chi connectivity index (χ2v) is 7.83. The van der Waals surface area contributed by atoms with Crippen molar-refractivity contribution in [2.45, 2.75) is 20.0 Å². The van der Waals surface area contributed by atoms with E-state index in [-0.39, 0.29) is 29.4 Å². The second-order valence-electron chi connectivity index (χ2n) is 7.83. The molecule has 0 aliphatic carbocycles. The van der Waals surface area contributed by atoms with Gasteiger partial charge in [-0.15, -0.1) is 0 Å². The van der Waals surface area contributed by atoms with Gasteiger partial charge >= 0.3 is 6.01 Å². The zero-order chi connectivity index (χ0) is 22.2. The Bertz CT molecular complexity index is 1410. The Hall–Kier alpha value is -4.19. The summed E-state index contributed by atoms with van der Waals surface area (Å²) < 4.78 is 5.83. The Morgan fingerprint density at radius 3 is 1.97 bits per heavy atom. The van der Waals surface area contributed by atoms with Crippen molar-refractivity contribution in [3.63, 3.8) is 0 Å². The van der Waals surface area contributed by atoms with Gasteiger partial charge in [0.2, 0.25) is 0 Å². The van der Waals surface area contributed by atoms with E-state index in [2.05, 4.69) is 28.2 Å². The Balaban J connectivity index is 1.84. The van der Waals surface area contributed by atoms with Crippen LogP contribution in [0.3, 0.4) is 0 Å². The molecule has 0 radical (unpaired) electrons. The van der Waals surface area contributed by atoms with Gasteiger partial charge in [-0.05, 0) is 53.6 Å². The van der Waals surface area contributed by atoms with Gasteiger partial charge in [-0.25, -0.2) is 4.98 Å². The average molecular weight is 423 g/mol. The summed E-state index contributed by atoms with van der Waals surface area (Å²) in [5.74, 6) is 0.547. The van der Waals surface area contributed by atoms with Crippen molar-refractivity contribution in [1.29, 1.82) is 0 Å². The number of hydrogen-bond donors (Lipinski definition) is 2. The summed E-state index contributed by atoms with van der Waals surface area (Å²) in [6.45, 7) is 3.79. The highest BCUT2D eigenvalue weighted by molar-refractivity contribution is 6.11. The van der Waals surface area contributed by atoms with Crippen LogP contribution in [0.25, 0.3) is 44.3 Å². The molecule has 2 N–H and O–H groups in total. The molecule has 0 fully saturated rings. The molecule has 5 rings (SSSR count). The Labute approximate surface area is 184 Å². The minimum atomic E-state index is -0.143. The molecule has 5 aromatic rings. The van der Waals surface area contributed by atoms with Crippen LogP contribution >= 0.6 is 0 Å². The first kappa shape index (κ1) is 19.8. The van der Waals surface area contributed by atoms with Gasteiger partial charge in [0.15, 0.2) is 11.6 Å². The van der Waals surface area contributed by atoms with Crippen molar-refractivity contribution in [3.05, 3.63) is 72.8 Å². The van der Waals surface area contributed by atoms with Gasteiger partial charge in [-0.3, -0.25) is 0 Å². The van der Waals surface area contributed by atoms with Gasteiger partial charge in [0.05, 0.1) is 11.7 Å². The number of aromatic nitrogens is 3. The summed E-state index contributed by atoms with van der Waals surface area (Å²) in [6, 6.07) is 22.8. The molecule has 1 heterocycles. The Morgan fingerprint density at radius 1 is 0.719 bits per heavy atom. The number of fused-ring (bicyclic) bond motifs is 2. The smallest absolute Gasteiger partial charge is 0.320 e. The monoisotopic (exact) mass is 423 g/mol. The first-order valence-corrected chi connectivity index (χ1v) is 10.4. The highest BCUT2D eigenvalue weighted by Crippen LogP contribution is 2.37. The molecule has 0 aliphatic heterocycles. The maximum atomic E-state index is 10.4. The lowest BCUT2D eigenvalue weighted by Crippen LogP contribution is -2.10. The van der Waals surface area contributed by atoms with Crippen LogP contribution in [0.15, 0.2) is 72.8 Å². The number of aromatic hydroxyl groups is 2. The maximum absolute atomic E-state index is 10.4. The van der Waals surface area contributed by atoms with Crippen molar-refractivity contribution < 1.29 is 14.9 Å². The molecule has 0 unspecified atom stereocenters. The van der Waals surface area contributed by atoms with E-state index in [9.17, 15) is 10.2 Å². The summed E-state index contributed by atoms with van der Waals surface area (Å²) in [6.07, 6.45) is -0.143. The first-order chi connectivity index (χ1) is 15.5. The van der Waals surface area contributed by atoms with Crippen LogP contribution in [-0.4, -0.2) is 31.3 Å². The van der Waals surface area contributed by atoms with Crippen LogP contribution in [0.5, 0.6) is 17.5 Å². The van der Waals surface area contributed by atoms with Crippen molar-refractivity contribution in [3.8, 4) is 40.3 Å². The predicted octanol–water partition coefficient (Wildman–Crippen LogP) is 5.71. The van der Waals surface area contributed by atoms with Crippen molar-refractivity contribution in [1.82, 2.24) is 15.0 Å². The molecule has 0 aliphatic rings. The molecule has 4 aromatic carbocycles. The van der Waals surface area contributed by atoms with E-state index in [1.807, 2.05) is 50.2 Å². The van der Waals surface area contributed by atoms with E-state index in [1.54, 1.807) is 6.07 Å². The predicted molar refractivity (Wildman–Crippen MR) is 125 cm³/mol. The SMILES string of the molecule is CC(C)Oc1nc(-c2ccc(O)cc2O)nc(-c2c3ccccc3cc3ccccc23)n1. The van der Waals surface area contributed by atoms with E-state index >= 15 is 0 Å². The topological polar surface area (TPSA) is 88.4 Å². The summed E-state index contributed by atoms with van der Waals surface area (Å²) >= 11 is 0. The molecule has 0 atom stereocenters. The van der Waals surface area contributed by atoms with Crippen molar-refractivity contribution in [2.24, 2.45) is 0 Å². The molecule has 0 saturated heterocycles. The van der Waals surface area contributed by atoms with Crippen LogP contribution in [0.2, 0.25) is 0 Å². The van der Waals surface area contributed by atoms with Gasteiger partial charge < -0.3 is 14.9 Å². The minimum absolute atomic E-state index is 0.0424. The van der Waals surface area contributed by atoms with Gasteiger partial charge in [0.1, 0.15) is 11.5 Å². The third-order valence-electron chi connectivity index (χ3n) is 5.17. The molecule has 0 spiro atoms. The molecule has 0 amide bonds. The standard InChI is InChI=1S/C26H21N3O3/c1-15(2)32-26-28-24(21-12-11-18(30)14-22(21)31)27-25(29-26)23-19-9-5-3-7-16(19)13-17-8-4-6-10-20(17)23/h3-15,30-31H,1-2H3. The highest BCUT2D eigenvalue weighted by atomic mass is 16.5. The summed E-state index contributed by atoms with van der Waals surface area (Å²) in [5, 5.41) is 24.3. The highest BCUT2D eigenvalue weighted by Gasteiger charge is 2.18. The summed E-state index contributed by atoms with van der Waals surface area (Å²) in [7, 11) is 0. The van der Waals surface area contributed by atoms with Crippen LogP contribution in [0.4, 0.5) is 0 Å². The Kier molecular flexibility index (Phi) is 4.82. The number of ether oxygens (including phenoxy) is 1. The number of nitrogens with zero attached hydrogens (tertiary/aromatic N) is 3. The average Bonchev–Trinajstić information content (AvgIpc) is 2.76. The quantitative estimate of drug-likeness (QED) is 0.360. The van der Waals surface area contributed by atoms with E-state index in [4.69, 9.17) is 9.72 Å². The second kappa shape index (κ2) is 7.81. The molecule has 6 nitrogen and oxygen atoms in total. The van der Waals surface area contributed by atoms with Gasteiger partial charge in [-0.1, -0.05) is 48.5 Å². The summed E-state index contributed by atoms with van der Waals surface area (Å²) in [4.78, 5) is 13.8. The lowest BCUT2D eigenvalue weighted by Gasteiger charge is -2.14. The minimum Gasteiger partial charge on any atom is -0.508 e. The molecule has 32 heavy (non-hydrogen) atoms. The van der Waals surface area contributed by atoms with E-state index in [1.165, 1.54) is 12.1 Å². The van der Waals surface area contributed by atoms with Crippen LogP contribution < -0.4 is 4.74 Å². The van der Waals surface area contributed by atoms with E-state index < -0.39 is 0 Å².